The fraction of sp³-hybridized carbons (Fsp3) is 0.273. The van der Waals surface area contributed by atoms with E-state index in [4.69, 9.17) is 21.1 Å². The quantitative estimate of drug-likeness (QED) is 0.507. The summed E-state index contributed by atoms with van der Waals surface area (Å²) < 4.78 is 39.8. The van der Waals surface area contributed by atoms with E-state index >= 15 is 0 Å². The van der Waals surface area contributed by atoms with Crippen molar-refractivity contribution in [2.75, 3.05) is 20.3 Å². The molecule has 0 fully saturated rings. The molecule has 0 amide bonds. The molecule has 10 heteroatoms. The average Bonchev–Trinajstić information content (AvgIpc) is 3.18. The molecule has 32 heavy (non-hydrogen) atoms. The van der Waals surface area contributed by atoms with Crippen LogP contribution in [-0.4, -0.2) is 48.7 Å². The van der Waals surface area contributed by atoms with Gasteiger partial charge in [0, 0.05) is 30.1 Å². The van der Waals surface area contributed by atoms with Crippen molar-refractivity contribution < 1.29 is 22.7 Å². The minimum Gasteiger partial charge on any atom is -0.497 e. The van der Waals surface area contributed by atoms with Crippen LogP contribution >= 0.6 is 11.6 Å². The number of carbonyl (C=O) groups is 1. The number of esters is 1. The zero-order chi connectivity index (χ0) is 22.9. The molecule has 1 aromatic heterocycles. The second kappa shape index (κ2) is 8.93. The number of ether oxygens (including phenoxy) is 2. The van der Waals surface area contributed by atoms with Gasteiger partial charge in [-0.3, -0.25) is 0 Å². The van der Waals surface area contributed by atoms with Crippen molar-refractivity contribution in [1.82, 2.24) is 14.1 Å². The number of aromatic nitrogens is 2. The predicted octanol–water partition coefficient (Wildman–Crippen LogP) is 3.46. The van der Waals surface area contributed by atoms with Crippen molar-refractivity contribution in [1.29, 1.82) is 0 Å². The molecule has 8 nitrogen and oxygen atoms in total. The van der Waals surface area contributed by atoms with Crippen LogP contribution in [0.3, 0.4) is 0 Å². The number of benzene rings is 2. The Morgan fingerprint density at radius 1 is 1.12 bits per heavy atom. The topological polar surface area (TPSA) is 90.7 Å². The summed E-state index contributed by atoms with van der Waals surface area (Å²) >= 11 is 5.90. The largest absolute Gasteiger partial charge is 0.497 e. The van der Waals surface area contributed by atoms with Gasteiger partial charge in [-0.05, 0) is 55.5 Å². The summed E-state index contributed by atoms with van der Waals surface area (Å²) in [4.78, 5) is 12.8. The minimum absolute atomic E-state index is 0.0184. The number of fused-ring (bicyclic) bond motifs is 1. The first-order chi connectivity index (χ1) is 15.3. The number of methoxy groups -OCH3 is 1. The van der Waals surface area contributed by atoms with Crippen LogP contribution in [0.4, 0.5) is 0 Å². The Morgan fingerprint density at radius 2 is 1.81 bits per heavy atom. The van der Waals surface area contributed by atoms with Gasteiger partial charge < -0.3 is 9.47 Å². The number of carbonyl (C=O) groups excluding carboxylic acids is 1. The van der Waals surface area contributed by atoms with Gasteiger partial charge in [0.1, 0.15) is 5.75 Å². The van der Waals surface area contributed by atoms with Crippen LogP contribution in [0.25, 0.3) is 5.69 Å². The van der Waals surface area contributed by atoms with Crippen molar-refractivity contribution >= 4 is 27.6 Å². The highest BCUT2D eigenvalue weighted by Crippen LogP contribution is 2.30. The smallest absolute Gasteiger partial charge is 0.359 e. The normalized spacial score (nSPS) is 14.1. The molecule has 0 saturated heterocycles. The number of sulfonamides is 1. The van der Waals surface area contributed by atoms with Gasteiger partial charge in [-0.2, -0.15) is 9.40 Å². The number of nitrogens with zero attached hydrogens (tertiary/aromatic N) is 3. The lowest BCUT2D eigenvalue weighted by Crippen LogP contribution is -2.36. The van der Waals surface area contributed by atoms with Gasteiger partial charge in [-0.15, -0.1) is 0 Å². The van der Waals surface area contributed by atoms with E-state index in [1.54, 1.807) is 30.8 Å². The van der Waals surface area contributed by atoms with E-state index < -0.39 is 16.0 Å². The maximum atomic E-state index is 13.2. The average molecular weight is 476 g/mol. The summed E-state index contributed by atoms with van der Waals surface area (Å²) in [6.07, 6.45) is 0.389. The van der Waals surface area contributed by atoms with E-state index in [1.807, 2.05) is 12.1 Å². The molecule has 4 rings (SSSR count). The molecule has 0 unspecified atom stereocenters. The number of rotatable bonds is 6. The summed E-state index contributed by atoms with van der Waals surface area (Å²) in [6, 6.07) is 13.3. The SMILES string of the molecule is CCOC(=O)c1nn(-c2ccc(OC)cc2)c2c1CN(S(=O)(=O)c1ccc(Cl)cc1)CC2. The van der Waals surface area contributed by atoms with Crippen molar-refractivity contribution in [3.63, 3.8) is 0 Å². The monoisotopic (exact) mass is 475 g/mol. The first kappa shape index (κ1) is 22.3. The van der Waals surface area contributed by atoms with E-state index in [9.17, 15) is 13.2 Å². The van der Waals surface area contributed by atoms with Crippen LogP contribution < -0.4 is 4.74 Å². The first-order valence-corrected chi connectivity index (χ1v) is 11.8. The second-order valence-electron chi connectivity index (χ2n) is 7.15. The standard InChI is InChI=1S/C22H22ClN3O5S/c1-3-31-22(27)21-19-14-25(32(28,29)18-10-4-15(23)5-11-18)13-12-20(19)26(24-21)16-6-8-17(30-2)9-7-16/h4-11H,3,12-14H2,1-2H3. The molecule has 0 radical (unpaired) electrons. The number of hydrogen-bond donors (Lipinski definition) is 0. The van der Waals surface area contributed by atoms with Gasteiger partial charge >= 0.3 is 5.97 Å². The summed E-state index contributed by atoms with van der Waals surface area (Å²) in [7, 11) is -2.19. The molecule has 0 atom stereocenters. The van der Waals surface area contributed by atoms with Crippen LogP contribution in [0, 0.1) is 0 Å². The molecule has 0 bridgehead atoms. The fourth-order valence-corrected chi connectivity index (χ4v) is 5.19. The van der Waals surface area contributed by atoms with E-state index in [-0.39, 0.29) is 30.3 Å². The third-order valence-corrected chi connectivity index (χ3v) is 7.37. The van der Waals surface area contributed by atoms with Gasteiger partial charge in [0.15, 0.2) is 5.69 Å². The predicted molar refractivity (Wildman–Crippen MR) is 119 cm³/mol. The molecule has 0 N–H and O–H groups in total. The molecule has 2 heterocycles. The summed E-state index contributed by atoms with van der Waals surface area (Å²) in [5.74, 6) is 0.113. The molecule has 1 aliphatic heterocycles. The molecule has 0 saturated carbocycles. The van der Waals surface area contributed by atoms with Crippen LogP contribution in [0.15, 0.2) is 53.4 Å². The van der Waals surface area contributed by atoms with Gasteiger partial charge in [0.25, 0.3) is 0 Å². The lowest BCUT2D eigenvalue weighted by Gasteiger charge is -2.27. The third-order valence-electron chi connectivity index (χ3n) is 5.26. The van der Waals surface area contributed by atoms with Gasteiger partial charge in [-0.25, -0.2) is 17.9 Å². The second-order valence-corrected chi connectivity index (χ2v) is 9.52. The maximum absolute atomic E-state index is 13.2. The summed E-state index contributed by atoms with van der Waals surface area (Å²) in [5.41, 5.74) is 2.18. The Bertz CT molecular complexity index is 1240. The van der Waals surface area contributed by atoms with E-state index in [0.717, 1.165) is 11.4 Å². The molecule has 0 aliphatic carbocycles. The number of halogens is 1. The number of hydrogen-bond acceptors (Lipinski definition) is 6. The van der Waals surface area contributed by atoms with Crippen LogP contribution in [0.5, 0.6) is 5.75 Å². The van der Waals surface area contributed by atoms with E-state index in [0.29, 0.717) is 22.8 Å². The lowest BCUT2D eigenvalue weighted by molar-refractivity contribution is 0.0517. The first-order valence-electron chi connectivity index (χ1n) is 10.0. The summed E-state index contributed by atoms with van der Waals surface area (Å²) in [6.45, 7) is 2.17. The Labute approximate surface area is 191 Å². The highest BCUT2D eigenvalue weighted by atomic mass is 35.5. The minimum atomic E-state index is -3.77. The molecular formula is C22H22ClN3O5S. The van der Waals surface area contributed by atoms with Gasteiger partial charge in [0.2, 0.25) is 10.0 Å². The molecular weight excluding hydrogens is 454 g/mol. The Balaban J connectivity index is 1.75. The van der Waals surface area contributed by atoms with Crippen LogP contribution in [0.1, 0.15) is 28.7 Å². The molecule has 3 aromatic rings. The summed E-state index contributed by atoms with van der Waals surface area (Å²) in [5, 5.41) is 4.95. The van der Waals surface area contributed by atoms with Gasteiger partial charge in [-0.1, -0.05) is 11.6 Å². The Kier molecular flexibility index (Phi) is 6.23. The molecule has 1 aliphatic rings. The zero-order valence-corrected chi connectivity index (χ0v) is 19.2. The molecule has 2 aromatic carbocycles. The van der Waals surface area contributed by atoms with Crippen molar-refractivity contribution in [3.05, 3.63) is 70.5 Å². The third kappa shape index (κ3) is 4.11. The van der Waals surface area contributed by atoms with Gasteiger partial charge in [0.05, 0.1) is 30.0 Å². The van der Waals surface area contributed by atoms with E-state index in [2.05, 4.69) is 5.10 Å². The highest BCUT2D eigenvalue weighted by molar-refractivity contribution is 7.89. The van der Waals surface area contributed by atoms with Crippen molar-refractivity contribution in [2.24, 2.45) is 0 Å². The Hall–Kier alpha value is -2.88. The van der Waals surface area contributed by atoms with E-state index in [1.165, 1.54) is 28.6 Å². The highest BCUT2D eigenvalue weighted by Gasteiger charge is 2.34. The maximum Gasteiger partial charge on any atom is 0.359 e. The van der Waals surface area contributed by atoms with Crippen LogP contribution in [-0.2, 0) is 27.7 Å². The lowest BCUT2D eigenvalue weighted by atomic mass is 10.1. The zero-order valence-electron chi connectivity index (χ0n) is 17.6. The van der Waals surface area contributed by atoms with Crippen molar-refractivity contribution in [2.45, 2.75) is 24.8 Å². The molecule has 0 spiro atoms. The van der Waals surface area contributed by atoms with Crippen molar-refractivity contribution in [3.8, 4) is 11.4 Å². The molecule has 168 valence electrons. The van der Waals surface area contributed by atoms with Crippen LogP contribution in [0.2, 0.25) is 5.02 Å². The fourth-order valence-electron chi connectivity index (χ4n) is 3.66. The Morgan fingerprint density at radius 3 is 2.44 bits per heavy atom.